The Hall–Kier alpha value is -0.260. The SMILES string of the molecule is COCCN(C(=O)C1(CN)CCC(C)CC1)C1CCSC1. The average molecular weight is 314 g/mol. The van der Waals surface area contributed by atoms with E-state index in [1.165, 1.54) is 0 Å². The lowest BCUT2D eigenvalue weighted by molar-refractivity contribution is -0.146. The van der Waals surface area contributed by atoms with E-state index in [1.807, 2.05) is 11.8 Å². The van der Waals surface area contributed by atoms with Crippen LogP contribution in [0.1, 0.15) is 39.0 Å². The van der Waals surface area contributed by atoms with Crippen LogP contribution in [0.5, 0.6) is 0 Å². The Labute approximate surface area is 133 Å². The standard InChI is InChI=1S/C16H30N2O2S/c1-13-3-6-16(12-17,7-4-13)15(19)18(8-9-20-2)14-5-10-21-11-14/h13-14H,3-12,17H2,1-2H3. The predicted molar refractivity (Wildman–Crippen MR) is 88.4 cm³/mol. The van der Waals surface area contributed by atoms with Gasteiger partial charge in [0.25, 0.3) is 0 Å². The van der Waals surface area contributed by atoms with E-state index in [2.05, 4.69) is 11.8 Å². The van der Waals surface area contributed by atoms with Crippen molar-refractivity contribution in [1.29, 1.82) is 0 Å². The van der Waals surface area contributed by atoms with Crippen molar-refractivity contribution in [3.05, 3.63) is 0 Å². The van der Waals surface area contributed by atoms with Crippen molar-refractivity contribution in [2.24, 2.45) is 17.1 Å². The van der Waals surface area contributed by atoms with Crippen molar-refractivity contribution in [3.8, 4) is 0 Å². The maximum Gasteiger partial charge on any atom is 0.230 e. The number of amides is 1. The Morgan fingerprint density at radius 2 is 2.10 bits per heavy atom. The van der Waals surface area contributed by atoms with E-state index >= 15 is 0 Å². The molecular formula is C16H30N2O2S. The number of carbonyl (C=O) groups is 1. The average Bonchev–Trinajstić information content (AvgIpc) is 3.03. The molecule has 0 spiro atoms. The van der Waals surface area contributed by atoms with E-state index in [0.29, 0.717) is 31.6 Å². The van der Waals surface area contributed by atoms with E-state index in [1.54, 1.807) is 7.11 Å². The molecule has 122 valence electrons. The summed E-state index contributed by atoms with van der Waals surface area (Å²) < 4.78 is 5.22. The van der Waals surface area contributed by atoms with Gasteiger partial charge in [0.1, 0.15) is 0 Å². The molecule has 0 aromatic rings. The monoisotopic (exact) mass is 314 g/mol. The molecule has 1 saturated heterocycles. The molecule has 4 nitrogen and oxygen atoms in total. The van der Waals surface area contributed by atoms with Gasteiger partial charge in [0, 0.05) is 32.0 Å². The van der Waals surface area contributed by atoms with E-state index in [9.17, 15) is 4.79 Å². The topological polar surface area (TPSA) is 55.6 Å². The zero-order valence-corrected chi connectivity index (χ0v) is 14.3. The molecule has 2 fully saturated rings. The quantitative estimate of drug-likeness (QED) is 0.816. The molecule has 1 saturated carbocycles. The highest BCUT2D eigenvalue weighted by Crippen LogP contribution is 2.40. The van der Waals surface area contributed by atoms with Crippen LogP contribution < -0.4 is 5.73 Å². The van der Waals surface area contributed by atoms with Gasteiger partial charge in [-0.25, -0.2) is 0 Å². The summed E-state index contributed by atoms with van der Waals surface area (Å²) in [7, 11) is 1.70. The smallest absolute Gasteiger partial charge is 0.230 e. The molecule has 5 heteroatoms. The number of rotatable bonds is 6. The minimum absolute atomic E-state index is 0.293. The van der Waals surface area contributed by atoms with Gasteiger partial charge in [0.15, 0.2) is 0 Å². The van der Waals surface area contributed by atoms with Gasteiger partial charge in [-0.15, -0.1) is 0 Å². The van der Waals surface area contributed by atoms with Gasteiger partial charge < -0.3 is 15.4 Å². The lowest BCUT2D eigenvalue weighted by atomic mass is 9.69. The number of nitrogens with zero attached hydrogens (tertiary/aromatic N) is 1. The fourth-order valence-corrected chi connectivity index (χ4v) is 4.76. The number of ether oxygens (including phenoxy) is 1. The van der Waals surface area contributed by atoms with Crippen LogP contribution >= 0.6 is 11.8 Å². The summed E-state index contributed by atoms with van der Waals surface area (Å²) in [6.45, 7) is 4.09. The second-order valence-corrected chi connectivity index (χ2v) is 7.83. The molecular weight excluding hydrogens is 284 g/mol. The fourth-order valence-electron chi connectivity index (χ4n) is 3.53. The highest BCUT2D eigenvalue weighted by atomic mass is 32.2. The lowest BCUT2D eigenvalue weighted by Crippen LogP contribution is -2.54. The van der Waals surface area contributed by atoms with Gasteiger partial charge in [-0.05, 0) is 43.8 Å². The zero-order valence-electron chi connectivity index (χ0n) is 13.5. The second kappa shape index (κ2) is 7.84. The zero-order chi connectivity index (χ0) is 15.3. The van der Waals surface area contributed by atoms with Crippen LogP contribution in [0.15, 0.2) is 0 Å². The van der Waals surface area contributed by atoms with Crippen molar-refractivity contribution in [2.45, 2.75) is 45.1 Å². The molecule has 1 amide bonds. The van der Waals surface area contributed by atoms with E-state index in [-0.39, 0.29) is 5.41 Å². The molecule has 0 bridgehead atoms. The Kier molecular flexibility index (Phi) is 6.38. The Morgan fingerprint density at radius 1 is 1.38 bits per heavy atom. The van der Waals surface area contributed by atoms with Gasteiger partial charge in [0.05, 0.1) is 12.0 Å². The van der Waals surface area contributed by atoms with E-state index in [0.717, 1.165) is 49.5 Å². The minimum Gasteiger partial charge on any atom is -0.383 e. The summed E-state index contributed by atoms with van der Waals surface area (Å²) >= 11 is 1.95. The number of nitrogens with two attached hydrogens (primary N) is 1. The first-order valence-electron chi connectivity index (χ1n) is 8.21. The van der Waals surface area contributed by atoms with Crippen molar-refractivity contribution in [1.82, 2.24) is 4.90 Å². The van der Waals surface area contributed by atoms with Crippen molar-refractivity contribution < 1.29 is 9.53 Å². The third-order valence-corrected chi connectivity index (χ3v) is 6.36. The summed E-state index contributed by atoms with van der Waals surface area (Å²) in [4.78, 5) is 15.3. The summed E-state index contributed by atoms with van der Waals surface area (Å²) in [5.74, 6) is 3.24. The van der Waals surface area contributed by atoms with Gasteiger partial charge in [0.2, 0.25) is 5.91 Å². The maximum absolute atomic E-state index is 13.2. The molecule has 1 unspecified atom stereocenters. The Bertz CT molecular complexity index is 337. The van der Waals surface area contributed by atoms with Gasteiger partial charge in [-0.3, -0.25) is 4.79 Å². The van der Waals surface area contributed by atoms with E-state index in [4.69, 9.17) is 10.5 Å². The summed E-state index contributed by atoms with van der Waals surface area (Å²) in [6, 6.07) is 0.375. The second-order valence-electron chi connectivity index (χ2n) is 6.68. The Morgan fingerprint density at radius 3 is 2.62 bits per heavy atom. The first-order chi connectivity index (χ1) is 10.1. The molecule has 1 aliphatic carbocycles. The van der Waals surface area contributed by atoms with Crippen molar-refractivity contribution in [2.75, 3.05) is 38.3 Å². The fraction of sp³-hybridized carbons (Fsp3) is 0.938. The molecule has 21 heavy (non-hydrogen) atoms. The summed E-state index contributed by atoms with van der Waals surface area (Å²) in [6.07, 6.45) is 5.26. The largest absolute Gasteiger partial charge is 0.383 e. The summed E-state index contributed by atoms with van der Waals surface area (Å²) in [5.41, 5.74) is 5.75. The van der Waals surface area contributed by atoms with Crippen molar-refractivity contribution in [3.63, 3.8) is 0 Å². The van der Waals surface area contributed by atoms with Crippen LogP contribution in [0.3, 0.4) is 0 Å². The van der Waals surface area contributed by atoms with Crippen LogP contribution in [-0.2, 0) is 9.53 Å². The third kappa shape index (κ3) is 3.93. The number of carbonyl (C=O) groups excluding carboxylic acids is 1. The van der Waals surface area contributed by atoms with Gasteiger partial charge in [-0.1, -0.05) is 6.92 Å². The predicted octanol–water partition coefficient (Wildman–Crippen LogP) is 2.12. The molecule has 2 aliphatic rings. The van der Waals surface area contributed by atoms with Crippen LogP contribution in [-0.4, -0.2) is 55.2 Å². The normalized spacial score (nSPS) is 33.1. The van der Waals surface area contributed by atoms with Crippen LogP contribution in [0.2, 0.25) is 0 Å². The molecule has 1 heterocycles. The highest BCUT2D eigenvalue weighted by molar-refractivity contribution is 7.99. The molecule has 0 aromatic heterocycles. The molecule has 2 rings (SSSR count). The maximum atomic E-state index is 13.2. The molecule has 1 atom stereocenters. The minimum atomic E-state index is -0.312. The number of hydrogen-bond donors (Lipinski definition) is 1. The molecule has 0 aromatic carbocycles. The molecule has 0 radical (unpaired) electrons. The first-order valence-corrected chi connectivity index (χ1v) is 9.36. The van der Waals surface area contributed by atoms with E-state index < -0.39 is 0 Å². The molecule has 1 aliphatic heterocycles. The van der Waals surface area contributed by atoms with Gasteiger partial charge >= 0.3 is 0 Å². The van der Waals surface area contributed by atoms with Crippen molar-refractivity contribution >= 4 is 17.7 Å². The lowest BCUT2D eigenvalue weighted by Gasteiger charge is -2.42. The Balaban J connectivity index is 2.10. The third-order valence-electron chi connectivity index (χ3n) is 5.22. The van der Waals surface area contributed by atoms with Crippen LogP contribution in [0.4, 0.5) is 0 Å². The first kappa shape index (κ1) is 17.1. The number of thioether (sulfide) groups is 1. The summed E-state index contributed by atoms with van der Waals surface area (Å²) in [5, 5.41) is 0. The highest BCUT2D eigenvalue weighted by Gasteiger charge is 2.44. The van der Waals surface area contributed by atoms with Gasteiger partial charge in [-0.2, -0.15) is 11.8 Å². The van der Waals surface area contributed by atoms with Crippen LogP contribution in [0, 0.1) is 11.3 Å². The molecule has 2 N–H and O–H groups in total. The number of methoxy groups -OCH3 is 1. The van der Waals surface area contributed by atoms with Crippen LogP contribution in [0.25, 0.3) is 0 Å². The number of hydrogen-bond acceptors (Lipinski definition) is 4.